The summed E-state index contributed by atoms with van der Waals surface area (Å²) in [6.07, 6.45) is -3.72. The molecule has 1 aromatic heterocycles. The predicted molar refractivity (Wildman–Crippen MR) is 113 cm³/mol. The molecule has 0 N–H and O–H groups in total. The number of carbonyl (C=O) groups excluding carboxylic acids is 1. The highest BCUT2D eigenvalue weighted by atomic mass is 19.4. The van der Waals surface area contributed by atoms with Crippen LogP contribution in [0, 0.1) is 0 Å². The molecular weight excluding hydrogens is 419 g/mol. The molecule has 3 aromatic rings. The molecule has 0 aliphatic carbocycles. The van der Waals surface area contributed by atoms with E-state index in [1.54, 1.807) is 24.3 Å². The van der Waals surface area contributed by atoms with E-state index in [4.69, 9.17) is 4.74 Å². The molecule has 1 aliphatic heterocycles. The van der Waals surface area contributed by atoms with Crippen LogP contribution in [0.3, 0.4) is 0 Å². The maximum absolute atomic E-state index is 13.2. The Morgan fingerprint density at radius 1 is 1.00 bits per heavy atom. The summed E-state index contributed by atoms with van der Waals surface area (Å²) < 4.78 is 43.5. The van der Waals surface area contributed by atoms with E-state index < -0.39 is 11.7 Å². The molecule has 1 saturated heterocycles. The highest BCUT2D eigenvalue weighted by Gasteiger charge is 2.31. The zero-order chi connectivity index (χ0) is 22.7. The van der Waals surface area contributed by atoms with Gasteiger partial charge in [-0.05, 0) is 42.9 Å². The van der Waals surface area contributed by atoms with Crippen LogP contribution in [0.25, 0.3) is 0 Å². The zero-order valence-corrected chi connectivity index (χ0v) is 17.4. The third kappa shape index (κ3) is 4.91. The number of carbonyl (C=O) groups is 1. The number of ether oxygens (including phenoxy) is 1. The first-order chi connectivity index (χ1) is 15.3. The van der Waals surface area contributed by atoms with E-state index in [1.807, 2.05) is 42.3 Å². The number of piperazine rings is 1. The summed E-state index contributed by atoms with van der Waals surface area (Å²) in [5.74, 6) is 0.346. The number of benzene rings is 2. The van der Waals surface area contributed by atoms with Crippen molar-refractivity contribution in [3.8, 4) is 11.6 Å². The number of rotatable bonds is 4. The molecule has 1 aliphatic rings. The lowest BCUT2D eigenvalue weighted by Crippen LogP contribution is -2.49. The SMILES string of the molecule is CN1CCN(C(=O)c2ccc(Oc3ccc(C(F)(F)F)cn3)cc2)C(c2ccccc2)C1. The number of hydrogen-bond donors (Lipinski definition) is 0. The highest BCUT2D eigenvalue weighted by Crippen LogP contribution is 2.30. The fourth-order valence-corrected chi connectivity index (χ4v) is 3.68. The van der Waals surface area contributed by atoms with Crippen molar-refractivity contribution in [3.63, 3.8) is 0 Å². The van der Waals surface area contributed by atoms with Gasteiger partial charge in [-0.2, -0.15) is 13.2 Å². The van der Waals surface area contributed by atoms with Gasteiger partial charge < -0.3 is 14.5 Å². The standard InChI is InChI=1S/C24H22F3N3O2/c1-29-13-14-30(21(16-29)17-5-3-2-4-6-17)23(31)18-7-10-20(11-8-18)32-22-12-9-19(15-28-22)24(25,26)27/h2-12,15,21H,13-14,16H2,1H3. The zero-order valence-electron chi connectivity index (χ0n) is 17.4. The molecule has 1 atom stereocenters. The quantitative estimate of drug-likeness (QED) is 0.570. The van der Waals surface area contributed by atoms with Crippen molar-refractivity contribution >= 4 is 5.91 Å². The second kappa shape index (κ2) is 9.00. The molecule has 0 saturated carbocycles. The smallest absolute Gasteiger partial charge is 0.417 e. The Morgan fingerprint density at radius 2 is 1.72 bits per heavy atom. The van der Waals surface area contributed by atoms with Gasteiger partial charge in [-0.1, -0.05) is 30.3 Å². The van der Waals surface area contributed by atoms with Crippen LogP contribution in [0.15, 0.2) is 72.9 Å². The number of aromatic nitrogens is 1. The number of amides is 1. The minimum absolute atomic E-state index is 0.0419. The first kappa shape index (κ1) is 21.8. The Labute approximate surface area is 184 Å². The second-order valence-electron chi connectivity index (χ2n) is 7.70. The van der Waals surface area contributed by atoms with Crippen LogP contribution in [-0.2, 0) is 6.18 Å². The Morgan fingerprint density at radius 3 is 2.34 bits per heavy atom. The molecule has 2 aromatic carbocycles. The molecule has 0 radical (unpaired) electrons. The van der Waals surface area contributed by atoms with E-state index in [0.29, 0.717) is 17.9 Å². The number of likely N-dealkylation sites (N-methyl/N-ethyl adjacent to an activating group) is 1. The number of nitrogens with zero attached hydrogens (tertiary/aromatic N) is 3. The normalized spacial score (nSPS) is 17.2. The van der Waals surface area contributed by atoms with Crippen molar-refractivity contribution in [2.75, 3.05) is 26.7 Å². The summed E-state index contributed by atoms with van der Waals surface area (Å²) in [6, 6.07) is 18.5. The van der Waals surface area contributed by atoms with Gasteiger partial charge in [0.05, 0.1) is 11.6 Å². The molecule has 1 amide bonds. The molecule has 1 unspecified atom stereocenters. The lowest BCUT2D eigenvalue weighted by Gasteiger charge is -2.40. The Balaban J connectivity index is 1.47. The first-order valence-corrected chi connectivity index (χ1v) is 10.2. The maximum Gasteiger partial charge on any atom is 0.417 e. The summed E-state index contributed by atoms with van der Waals surface area (Å²) >= 11 is 0. The predicted octanol–water partition coefficient (Wildman–Crippen LogP) is 5.02. The van der Waals surface area contributed by atoms with E-state index >= 15 is 0 Å². The molecular formula is C24H22F3N3O2. The first-order valence-electron chi connectivity index (χ1n) is 10.2. The van der Waals surface area contributed by atoms with E-state index in [-0.39, 0.29) is 17.8 Å². The van der Waals surface area contributed by atoms with Crippen LogP contribution < -0.4 is 4.74 Å². The molecule has 2 heterocycles. The van der Waals surface area contributed by atoms with Gasteiger partial charge in [0.25, 0.3) is 5.91 Å². The van der Waals surface area contributed by atoms with Crippen LogP contribution in [-0.4, -0.2) is 47.4 Å². The fraction of sp³-hybridized carbons (Fsp3) is 0.250. The number of pyridine rings is 1. The average molecular weight is 441 g/mol. The summed E-state index contributed by atoms with van der Waals surface area (Å²) in [7, 11) is 2.04. The van der Waals surface area contributed by atoms with Gasteiger partial charge >= 0.3 is 6.18 Å². The third-order valence-corrected chi connectivity index (χ3v) is 5.42. The molecule has 4 rings (SSSR count). The topological polar surface area (TPSA) is 45.7 Å². The van der Waals surface area contributed by atoms with Gasteiger partial charge in [0.1, 0.15) is 5.75 Å². The highest BCUT2D eigenvalue weighted by molar-refractivity contribution is 5.94. The van der Waals surface area contributed by atoms with Crippen LogP contribution >= 0.6 is 0 Å². The fourth-order valence-electron chi connectivity index (χ4n) is 3.68. The van der Waals surface area contributed by atoms with Crippen molar-refractivity contribution in [3.05, 3.63) is 89.6 Å². The average Bonchev–Trinajstić information content (AvgIpc) is 2.79. The second-order valence-corrected chi connectivity index (χ2v) is 7.70. The van der Waals surface area contributed by atoms with Crippen LogP contribution in [0.5, 0.6) is 11.6 Å². The van der Waals surface area contributed by atoms with Gasteiger partial charge in [-0.15, -0.1) is 0 Å². The molecule has 5 nitrogen and oxygen atoms in total. The summed E-state index contributed by atoms with van der Waals surface area (Å²) in [4.78, 5) is 21.0. The lowest BCUT2D eigenvalue weighted by atomic mass is 10.0. The van der Waals surface area contributed by atoms with Crippen molar-refractivity contribution in [1.82, 2.24) is 14.8 Å². The van der Waals surface area contributed by atoms with Gasteiger partial charge in [0.2, 0.25) is 5.88 Å². The van der Waals surface area contributed by atoms with Crippen molar-refractivity contribution in [2.45, 2.75) is 12.2 Å². The van der Waals surface area contributed by atoms with E-state index in [1.165, 1.54) is 0 Å². The summed E-state index contributed by atoms with van der Waals surface area (Å²) in [6.45, 7) is 2.15. The Kier molecular flexibility index (Phi) is 6.14. The number of alkyl halides is 3. The minimum Gasteiger partial charge on any atom is -0.439 e. The third-order valence-electron chi connectivity index (χ3n) is 5.42. The van der Waals surface area contributed by atoms with Crippen molar-refractivity contribution in [1.29, 1.82) is 0 Å². The Hall–Kier alpha value is -3.39. The number of halogens is 3. The monoisotopic (exact) mass is 441 g/mol. The molecule has 8 heteroatoms. The van der Waals surface area contributed by atoms with Gasteiger partial charge in [0, 0.05) is 37.5 Å². The molecule has 0 bridgehead atoms. The van der Waals surface area contributed by atoms with Crippen molar-refractivity contribution in [2.24, 2.45) is 0 Å². The Bertz CT molecular complexity index is 1050. The minimum atomic E-state index is -4.45. The van der Waals surface area contributed by atoms with Crippen LogP contribution in [0.2, 0.25) is 0 Å². The van der Waals surface area contributed by atoms with E-state index in [0.717, 1.165) is 37.0 Å². The molecule has 0 spiro atoms. The largest absolute Gasteiger partial charge is 0.439 e. The summed E-state index contributed by atoms with van der Waals surface area (Å²) in [5, 5.41) is 0. The van der Waals surface area contributed by atoms with Gasteiger partial charge in [0.15, 0.2) is 0 Å². The molecule has 1 fully saturated rings. The number of hydrogen-bond acceptors (Lipinski definition) is 4. The maximum atomic E-state index is 13.2. The van der Waals surface area contributed by atoms with E-state index in [2.05, 4.69) is 9.88 Å². The lowest BCUT2D eigenvalue weighted by molar-refractivity contribution is -0.137. The molecule has 32 heavy (non-hydrogen) atoms. The van der Waals surface area contributed by atoms with Crippen LogP contribution in [0.1, 0.15) is 27.5 Å². The van der Waals surface area contributed by atoms with E-state index in [9.17, 15) is 18.0 Å². The molecule has 166 valence electrons. The van der Waals surface area contributed by atoms with Crippen LogP contribution in [0.4, 0.5) is 13.2 Å². The van der Waals surface area contributed by atoms with Gasteiger partial charge in [-0.3, -0.25) is 4.79 Å². The van der Waals surface area contributed by atoms with Crippen molar-refractivity contribution < 1.29 is 22.7 Å². The van der Waals surface area contributed by atoms with Gasteiger partial charge in [-0.25, -0.2) is 4.98 Å². The summed E-state index contributed by atoms with van der Waals surface area (Å²) in [5.41, 5.74) is 0.759.